The van der Waals surface area contributed by atoms with Crippen molar-refractivity contribution in [1.29, 1.82) is 5.26 Å². The van der Waals surface area contributed by atoms with Gasteiger partial charge in [-0.15, -0.1) is 0 Å². The smallest absolute Gasteiger partial charge is 0.338 e. The topological polar surface area (TPSA) is 79.9 Å². The molecule has 2 aromatic rings. The van der Waals surface area contributed by atoms with E-state index in [2.05, 4.69) is 16.5 Å². The van der Waals surface area contributed by atoms with E-state index in [9.17, 15) is 14.4 Å². The third-order valence-corrected chi connectivity index (χ3v) is 3.82. The Morgan fingerprint density at radius 3 is 2.79 bits per heavy atom. The molecule has 2 heterocycles. The van der Waals surface area contributed by atoms with Crippen molar-refractivity contribution in [3.63, 3.8) is 0 Å². The molecule has 1 aromatic heterocycles. The molecule has 0 amide bonds. The van der Waals surface area contributed by atoms with Gasteiger partial charge in [0.15, 0.2) is 0 Å². The van der Waals surface area contributed by atoms with Crippen LogP contribution >= 0.6 is 0 Å². The Morgan fingerprint density at radius 1 is 1.46 bits per heavy atom. The van der Waals surface area contributed by atoms with Crippen molar-refractivity contribution in [1.82, 2.24) is 9.78 Å². The van der Waals surface area contributed by atoms with E-state index in [1.54, 1.807) is 30.7 Å². The van der Waals surface area contributed by atoms with Gasteiger partial charge in [0, 0.05) is 5.70 Å². The van der Waals surface area contributed by atoms with Crippen LogP contribution in [0.25, 0.3) is 0 Å². The third kappa shape index (κ3) is 2.52. The number of ether oxygens (including phenoxy) is 1. The lowest BCUT2D eigenvalue weighted by atomic mass is 9.95. The first-order valence-corrected chi connectivity index (χ1v) is 7.44. The fraction of sp³-hybridized carbons (Fsp3) is 0.235. The summed E-state index contributed by atoms with van der Waals surface area (Å²) in [4.78, 5) is 12.4. The standard InChI is InChI=1S/C17H15FN4O2/c1-3-24-17(23)14-10(2)21-16-12(8-19)9-20-22(16)15(14)11-4-6-13(18)7-5-11/h4-7,9,15,21H,3H2,1-2H3. The van der Waals surface area contributed by atoms with Gasteiger partial charge in [-0.25, -0.2) is 13.9 Å². The minimum atomic E-state index is -0.594. The van der Waals surface area contributed by atoms with Gasteiger partial charge in [-0.3, -0.25) is 0 Å². The Balaban J connectivity index is 2.18. The number of nitrogens with one attached hydrogen (secondary N) is 1. The number of esters is 1. The largest absolute Gasteiger partial charge is 0.463 e. The number of hydrogen-bond donors (Lipinski definition) is 1. The molecule has 0 bridgehead atoms. The molecule has 7 heteroatoms. The molecule has 0 spiro atoms. The highest BCUT2D eigenvalue weighted by atomic mass is 19.1. The molecule has 1 aliphatic heterocycles. The quantitative estimate of drug-likeness (QED) is 0.877. The molecule has 0 radical (unpaired) electrons. The molecule has 0 aliphatic carbocycles. The zero-order chi connectivity index (χ0) is 17.3. The highest BCUT2D eigenvalue weighted by molar-refractivity contribution is 5.92. The van der Waals surface area contributed by atoms with Gasteiger partial charge in [0.05, 0.1) is 18.4 Å². The van der Waals surface area contributed by atoms with E-state index in [4.69, 9.17) is 4.74 Å². The van der Waals surface area contributed by atoms with Gasteiger partial charge in [0.25, 0.3) is 0 Å². The van der Waals surface area contributed by atoms with Crippen LogP contribution in [0.5, 0.6) is 0 Å². The number of nitrogens with zero attached hydrogens (tertiary/aromatic N) is 3. The van der Waals surface area contributed by atoms with Crippen molar-refractivity contribution in [2.24, 2.45) is 0 Å². The summed E-state index contributed by atoms with van der Waals surface area (Å²) in [5, 5.41) is 16.5. The predicted molar refractivity (Wildman–Crippen MR) is 84.4 cm³/mol. The number of benzene rings is 1. The Morgan fingerprint density at radius 2 is 2.17 bits per heavy atom. The van der Waals surface area contributed by atoms with E-state index >= 15 is 0 Å². The maximum absolute atomic E-state index is 13.3. The molecular weight excluding hydrogens is 311 g/mol. The van der Waals surface area contributed by atoms with E-state index in [0.29, 0.717) is 28.2 Å². The van der Waals surface area contributed by atoms with Crippen molar-refractivity contribution in [3.8, 4) is 6.07 Å². The van der Waals surface area contributed by atoms with Gasteiger partial charge >= 0.3 is 5.97 Å². The number of anilines is 1. The van der Waals surface area contributed by atoms with Gasteiger partial charge in [-0.2, -0.15) is 10.4 Å². The van der Waals surface area contributed by atoms with Gasteiger partial charge in [0.1, 0.15) is 29.3 Å². The lowest BCUT2D eigenvalue weighted by Crippen LogP contribution is -2.29. The van der Waals surface area contributed by atoms with Crippen molar-refractivity contribution in [3.05, 3.63) is 58.7 Å². The van der Waals surface area contributed by atoms with Crippen molar-refractivity contribution in [2.75, 3.05) is 11.9 Å². The highest BCUT2D eigenvalue weighted by Crippen LogP contribution is 2.37. The van der Waals surface area contributed by atoms with Crippen LogP contribution in [0.1, 0.15) is 31.0 Å². The van der Waals surface area contributed by atoms with Gasteiger partial charge in [-0.1, -0.05) is 12.1 Å². The summed E-state index contributed by atoms with van der Waals surface area (Å²) in [5.41, 5.74) is 1.99. The van der Waals surface area contributed by atoms with E-state index in [0.717, 1.165) is 0 Å². The molecule has 0 saturated carbocycles. The molecule has 3 rings (SSSR count). The molecule has 0 saturated heterocycles. The van der Waals surface area contributed by atoms with E-state index in [1.165, 1.54) is 18.3 Å². The molecule has 1 unspecified atom stereocenters. The normalized spacial score (nSPS) is 16.2. The number of halogens is 1. The first-order chi connectivity index (χ1) is 11.6. The van der Waals surface area contributed by atoms with Crippen LogP contribution in [-0.4, -0.2) is 22.4 Å². The zero-order valence-corrected chi connectivity index (χ0v) is 13.2. The fourth-order valence-corrected chi connectivity index (χ4v) is 2.76. The fourth-order valence-electron chi connectivity index (χ4n) is 2.76. The number of carbonyl (C=O) groups excluding carboxylic acids is 1. The number of aromatic nitrogens is 2. The van der Waals surface area contributed by atoms with Crippen LogP contribution in [0.4, 0.5) is 10.2 Å². The second kappa shape index (κ2) is 6.16. The Labute approximate surface area is 138 Å². The molecule has 1 aliphatic rings. The number of carbonyl (C=O) groups is 1. The number of nitriles is 1. The summed E-state index contributed by atoms with van der Waals surface area (Å²) in [6.45, 7) is 3.70. The van der Waals surface area contributed by atoms with Crippen LogP contribution in [0.3, 0.4) is 0 Å². The van der Waals surface area contributed by atoms with Crippen molar-refractivity contribution in [2.45, 2.75) is 19.9 Å². The average Bonchev–Trinajstić information content (AvgIpc) is 2.97. The minimum Gasteiger partial charge on any atom is -0.463 e. The maximum atomic E-state index is 13.3. The monoisotopic (exact) mass is 326 g/mol. The van der Waals surface area contributed by atoms with Crippen molar-refractivity contribution >= 4 is 11.8 Å². The van der Waals surface area contributed by atoms with Crippen molar-refractivity contribution < 1.29 is 13.9 Å². The Kier molecular flexibility index (Phi) is 4.04. The summed E-state index contributed by atoms with van der Waals surface area (Å²) in [6.07, 6.45) is 1.43. The molecule has 6 nitrogen and oxygen atoms in total. The van der Waals surface area contributed by atoms with Crippen LogP contribution in [0, 0.1) is 17.1 Å². The molecule has 0 fully saturated rings. The maximum Gasteiger partial charge on any atom is 0.338 e. The van der Waals surface area contributed by atoms with E-state index in [-0.39, 0.29) is 12.4 Å². The number of hydrogen-bond acceptors (Lipinski definition) is 5. The van der Waals surface area contributed by atoms with Gasteiger partial charge in [0.2, 0.25) is 0 Å². The second-order valence-corrected chi connectivity index (χ2v) is 5.30. The Hall–Kier alpha value is -3.14. The summed E-state index contributed by atoms with van der Waals surface area (Å²) in [5.74, 6) is -0.349. The van der Waals surface area contributed by atoms with Crippen LogP contribution in [0.15, 0.2) is 41.7 Å². The second-order valence-electron chi connectivity index (χ2n) is 5.30. The van der Waals surface area contributed by atoms with Crippen LogP contribution in [0.2, 0.25) is 0 Å². The summed E-state index contributed by atoms with van der Waals surface area (Å²) < 4.78 is 20.0. The molecule has 24 heavy (non-hydrogen) atoms. The predicted octanol–water partition coefficient (Wildman–Crippen LogP) is 2.75. The molecule has 1 N–H and O–H groups in total. The third-order valence-electron chi connectivity index (χ3n) is 3.82. The highest BCUT2D eigenvalue weighted by Gasteiger charge is 2.34. The lowest BCUT2D eigenvalue weighted by Gasteiger charge is -2.29. The van der Waals surface area contributed by atoms with Crippen LogP contribution in [-0.2, 0) is 9.53 Å². The number of allylic oxidation sites excluding steroid dienone is 1. The molecular formula is C17H15FN4O2. The molecule has 1 aromatic carbocycles. The molecule has 122 valence electrons. The minimum absolute atomic E-state index is 0.237. The summed E-state index contributed by atoms with van der Waals surface area (Å²) in [6, 6.07) is 7.30. The number of rotatable bonds is 3. The SMILES string of the molecule is CCOC(=O)C1=C(C)Nc2c(C#N)cnn2C1c1ccc(F)cc1. The zero-order valence-electron chi connectivity index (χ0n) is 13.2. The first kappa shape index (κ1) is 15.7. The van der Waals surface area contributed by atoms with Gasteiger partial charge < -0.3 is 10.1 Å². The summed E-state index contributed by atoms with van der Waals surface area (Å²) >= 11 is 0. The van der Waals surface area contributed by atoms with E-state index < -0.39 is 12.0 Å². The molecule has 1 atom stereocenters. The first-order valence-electron chi connectivity index (χ1n) is 7.44. The Bertz CT molecular complexity index is 862. The van der Waals surface area contributed by atoms with Gasteiger partial charge in [-0.05, 0) is 31.5 Å². The summed E-state index contributed by atoms with van der Waals surface area (Å²) in [7, 11) is 0. The average molecular weight is 326 g/mol. The number of fused-ring (bicyclic) bond motifs is 1. The lowest BCUT2D eigenvalue weighted by molar-refractivity contribution is -0.139. The van der Waals surface area contributed by atoms with Crippen LogP contribution < -0.4 is 5.32 Å². The van der Waals surface area contributed by atoms with E-state index in [1.807, 2.05) is 0 Å².